The van der Waals surface area contributed by atoms with Gasteiger partial charge in [-0.25, -0.2) is 4.18 Å². The Morgan fingerprint density at radius 3 is 1.20 bits per heavy atom. The van der Waals surface area contributed by atoms with Gasteiger partial charge in [0.15, 0.2) is 0 Å². The van der Waals surface area contributed by atoms with E-state index in [1.54, 1.807) is 0 Å². The highest BCUT2D eigenvalue weighted by Crippen LogP contribution is 2.47. The van der Waals surface area contributed by atoms with Gasteiger partial charge in [-0.2, -0.15) is 39.2 Å². The molecule has 0 fully saturated rings. The maximum absolute atomic E-state index is 12.5. The fourth-order valence-electron chi connectivity index (χ4n) is 0.464. The summed E-state index contributed by atoms with van der Waals surface area (Å²) in [6, 6.07) is 0. The molecule has 0 aromatic heterocycles. The summed E-state index contributed by atoms with van der Waals surface area (Å²) in [6.45, 7) is 0. The number of hydrogen-bond donors (Lipinski definition) is 0. The van der Waals surface area contributed by atoms with Crippen LogP contribution in [-0.4, -0.2) is 32.9 Å². The van der Waals surface area contributed by atoms with Crippen LogP contribution in [0.5, 0.6) is 0 Å². The lowest BCUT2D eigenvalue weighted by molar-refractivity contribution is -0.405. The first-order valence-electron chi connectivity index (χ1n) is 2.94. The molecule has 0 atom stereocenters. The Bertz CT molecular complexity index is 311. The fourth-order valence-corrected chi connectivity index (χ4v) is 1.07. The molecular weight excluding hydrogens is 261 g/mol. The maximum Gasteiger partial charge on any atom is 0.459 e. The van der Waals surface area contributed by atoms with Crippen LogP contribution in [0.4, 0.5) is 30.7 Å². The summed E-state index contributed by atoms with van der Waals surface area (Å²) >= 11 is 0. The van der Waals surface area contributed by atoms with Crippen LogP contribution >= 0.6 is 0 Å². The van der Waals surface area contributed by atoms with E-state index in [0.29, 0.717) is 0 Å². The number of halogens is 7. The number of hydrogen-bond acceptors (Lipinski definition) is 3. The molecule has 0 saturated carbocycles. The molecule has 0 aromatic carbocycles. The molecule has 0 aromatic rings. The molecule has 15 heavy (non-hydrogen) atoms. The molecule has 0 heterocycles. The van der Waals surface area contributed by atoms with Crippen molar-refractivity contribution < 1.29 is 43.3 Å². The third-order valence-corrected chi connectivity index (χ3v) is 1.53. The molecule has 0 radical (unpaired) electrons. The van der Waals surface area contributed by atoms with E-state index >= 15 is 0 Å². The first kappa shape index (κ1) is 14.4. The van der Waals surface area contributed by atoms with E-state index in [2.05, 4.69) is 4.18 Å². The van der Waals surface area contributed by atoms with Crippen molar-refractivity contribution >= 4 is 10.1 Å². The third-order valence-electron chi connectivity index (χ3n) is 0.995. The molecule has 0 amide bonds. The SMILES string of the molecule is CS(=O)(=O)OC(F)(C(F)(F)F)C(F)(F)F. The van der Waals surface area contributed by atoms with Gasteiger partial charge in [-0.05, 0) is 0 Å². The summed E-state index contributed by atoms with van der Waals surface area (Å²) in [5.41, 5.74) is 0. The van der Waals surface area contributed by atoms with Gasteiger partial charge in [0.25, 0.3) is 10.1 Å². The van der Waals surface area contributed by atoms with Crippen LogP contribution in [0.1, 0.15) is 0 Å². The van der Waals surface area contributed by atoms with Crippen LogP contribution in [0.25, 0.3) is 0 Å². The minimum absolute atomic E-state index is 0.140. The summed E-state index contributed by atoms with van der Waals surface area (Å²) in [5.74, 6) is -6.23. The zero-order chi connectivity index (χ0) is 12.7. The zero-order valence-corrected chi connectivity index (χ0v) is 7.60. The molecule has 0 unspecified atom stereocenters. The summed E-state index contributed by atoms with van der Waals surface area (Å²) < 4.78 is 105. The Labute approximate surface area is 78.9 Å². The van der Waals surface area contributed by atoms with Crippen LogP contribution in [0.15, 0.2) is 0 Å². The highest BCUT2D eigenvalue weighted by molar-refractivity contribution is 7.86. The molecule has 0 aliphatic heterocycles. The van der Waals surface area contributed by atoms with E-state index in [9.17, 15) is 39.2 Å². The van der Waals surface area contributed by atoms with E-state index in [-0.39, 0.29) is 6.26 Å². The average molecular weight is 264 g/mol. The molecule has 11 heteroatoms. The van der Waals surface area contributed by atoms with Gasteiger partial charge in [0.05, 0.1) is 6.26 Å². The predicted octanol–water partition coefficient (Wildman–Crippen LogP) is 1.75. The second-order valence-corrected chi connectivity index (χ2v) is 3.95. The van der Waals surface area contributed by atoms with Crippen LogP contribution in [-0.2, 0) is 14.3 Å². The minimum atomic E-state index is -6.55. The Morgan fingerprint density at radius 2 is 1.13 bits per heavy atom. The minimum Gasteiger partial charge on any atom is -0.213 e. The van der Waals surface area contributed by atoms with Crippen molar-refractivity contribution in [2.24, 2.45) is 0 Å². The van der Waals surface area contributed by atoms with Crippen LogP contribution < -0.4 is 0 Å². The number of rotatable bonds is 2. The molecule has 0 aliphatic carbocycles. The monoisotopic (exact) mass is 264 g/mol. The van der Waals surface area contributed by atoms with Gasteiger partial charge in [0, 0.05) is 0 Å². The average Bonchev–Trinajstić information content (AvgIpc) is 1.77. The lowest BCUT2D eigenvalue weighted by atomic mass is 10.3. The van der Waals surface area contributed by atoms with Gasteiger partial charge < -0.3 is 0 Å². The van der Waals surface area contributed by atoms with Crippen molar-refractivity contribution in [3.8, 4) is 0 Å². The second-order valence-electron chi connectivity index (χ2n) is 2.38. The van der Waals surface area contributed by atoms with Gasteiger partial charge >= 0.3 is 18.2 Å². The highest BCUT2D eigenvalue weighted by Gasteiger charge is 2.76. The molecular formula is C4H3F7O3S. The zero-order valence-electron chi connectivity index (χ0n) is 6.78. The fraction of sp³-hybridized carbons (Fsp3) is 1.00. The quantitative estimate of drug-likeness (QED) is 0.563. The van der Waals surface area contributed by atoms with Crippen LogP contribution in [0.2, 0.25) is 0 Å². The summed E-state index contributed by atoms with van der Waals surface area (Å²) in [6.07, 6.45) is -13.2. The summed E-state index contributed by atoms with van der Waals surface area (Å²) in [4.78, 5) is 0. The first-order valence-corrected chi connectivity index (χ1v) is 4.75. The smallest absolute Gasteiger partial charge is 0.213 e. The van der Waals surface area contributed by atoms with Crippen LogP contribution in [0, 0.1) is 0 Å². The first-order chi connectivity index (χ1) is 6.21. The lowest BCUT2D eigenvalue weighted by Gasteiger charge is -2.27. The van der Waals surface area contributed by atoms with Gasteiger partial charge in [-0.3, -0.25) is 0 Å². The Balaban J connectivity index is 5.45. The van der Waals surface area contributed by atoms with E-state index in [4.69, 9.17) is 0 Å². The van der Waals surface area contributed by atoms with E-state index in [1.165, 1.54) is 0 Å². The molecule has 0 rings (SSSR count). The standard InChI is InChI=1S/C4H3F7O3S/c1-15(12,13)14-2(5,3(6,7)8)4(9,10)11/h1H3. The molecule has 3 nitrogen and oxygen atoms in total. The topological polar surface area (TPSA) is 43.4 Å². The second kappa shape index (κ2) is 3.47. The third kappa shape index (κ3) is 3.19. The predicted molar refractivity (Wildman–Crippen MR) is 31.9 cm³/mol. The maximum atomic E-state index is 12.5. The van der Waals surface area contributed by atoms with E-state index in [1.807, 2.05) is 0 Å². The Morgan fingerprint density at radius 1 is 0.867 bits per heavy atom. The van der Waals surface area contributed by atoms with E-state index < -0.39 is 28.3 Å². The van der Waals surface area contributed by atoms with Crippen molar-refractivity contribution in [1.29, 1.82) is 0 Å². The molecule has 92 valence electrons. The molecule has 0 N–H and O–H groups in total. The van der Waals surface area contributed by atoms with Gasteiger partial charge in [0.1, 0.15) is 0 Å². The van der Waals surface area contributed by atoms with Crippen molar-refractivity contribution in [3.63, 3.8) is 0 Å². The molecule has 0 aliphatic rings. The lowest BCUT2D eigenvalue weighted by Crippen LogP contribution is -2.56. The van der Waals surface area contributed by atoms with Crippen LogP contribution in [0.3, 0.4) is 0 Å². The van der Waals surface area contributed by atoms with Gasteiger partial charge in [0.2, 0.25) is 0 Å². The largest absolute Gasteiger partial charge is 0.459 e. The Hall–Kier alpha value is -0.580. The molecule has 0 spiro atoms. The summed E-state index contributed by atoms with van der Waals surface area (Å²) in [7, 11) is -5.26. The molecule has 0 bridgehead atoms. The van der Waals surface area contributed by atoms with Gasteiger partial charge in [-0.1, -0.05) is 0 Å². The van der Waals surface area contributed by atoms with Crippen molar-refractivity contribution in [2.45, 2.75) is 18.2 Å². The van der Waals surface area contributed by atoms with E-state index in [0.717, 1.165) is 0 Å². The normalized spacial score (nSPS) is 15.5. The van der Waals surface area contributed by atoms with Crippen molar-refractivity contribution in [1.82, 2.24) is 0 Å². The van der Waals surface area contributed by atoms with Gasteiger partial charge in [-0.15, -0.1) is 0 Å². The highest BCUT2D eigenvalue weighted by atomic mass is 32.2. The van der Waals surface area contributed by atoms with Crippen molar-refractivity contribution in [2.75, 3.05) is 6.26 Å². The summed E-state index contributed by atoms with van der Waals surface area (Å²) in [5, 5.41) is 0. The van der Waals surface area contributed by atoms with Crippen molar-refractivity contribution in [3.05, 3.63) is 0 Å². The number of alkyl halides is 7. The Kier molecular flexibility index (Phi) is 3.34. The molecule has 0 saturated heterocycles.